The summed E-state index contributed by atoms with van der Waals surface area (Å²) in [6, 6.07) is 0. The summed E-state index contributed by atoms with van der Waals surface area (Å²) in [7, 11) is 0. The van der Waals surface area contributed by atoms with E-state index < -0.39 is 0 Å². The fraction of sp³-hybridized carbons (Fsp3) is 0.917. The molecule has 1 unspecified atom stereocenters. The highest BCUT2D eigenvalue weighted by Gasteiger charge is 2.17. The van der Waals surface area contributed by atoms with Gasteiger partial charge in [-0.25, -0.2) is 0 Å². The summed E-state index contributed by atoms with van der Waals surface area (Å²) in [5.74, 6) is 1.04. The zero-order chi connectivity index (χ0) is 12.7. The van der Waals surface area contributed by atoms with Crippen LogP contribution in [0.3, 0.4) is 0 Å². The molecule has 1 rings (SSSR count). The normalized spacial score (nSPS) is 21.6. The molecule has 0 amide bonds. The van der Waals surface area contributed by atoms with Gasteiger partial charge in [0.25, 0.3) is 0 Å². The van der Waals surface area contributed by atoms with Gasteiger partial charge in [-0.3, -0.25) is 0 Å². The lowest BCUT2D eigenvalue weighted by molar-refractivity contribution is 0.0701. The van der Waals surface area contributed by atoms with Gasteiger partial charge >= 0.3 is 0 Å². The molecule has 1 aliphatic rings. The Morgan fingerprint density at radius 2 is 2.18 bits per heavy atom. The van der Waals surface area contributed by atoms with E-state index in [4.69, 9.17) is 15.7 Å². The van der Waals surface area contributed by atoms with Gasteiger partial charge in [-0.2, -0.15) is 0 Å². The van der Waals surface area contributed by atoms with Crippen molar-refractivity contribution in [3.63, 3.8) is 0 Å². The molecule has 100 valence electrons. The smallest absolute Gasteiger partial charge is 0.168 e. The van der Waals surface area contributed by atoms with Crippen LogP contribution in [0.5, 0.6) is 0 Å². The van der Waals surface area contributed by atoms with Crippen LogP contribution in [0.15, 0.2) is 5.16 Å². The lowest BCUT2D eigenvalue weighted by atomic mass is 9.94. The average Bonchev–Trinajstić information content (AvgIpc) is 2.38. The summed E-state index contributed by atoms with van der Waals surface area (Å²) < 4.78 is 5.49. The number of hydrogen-bond donors (Lipinski definition) is 2. The lowest BCUT2D eigenvalue weighted by Crippen LogP contribution is -2.37. The number of rotatable bonds is 6. The Kier molecular flexibility index (Phi) is 6.29. The van der Waals surface area contributed by atoms with Gasteiger partial charge in [0.05, 0.1) is 6.61 Å². The van der Waals surface area contributed by atoms with E-state index in [-0.39, 0.29) is 11.9 Å². The van der Waals surface area contributed by atoms with Crippen molar-refractivity contribution >= 4 is 5.84 Å². The molecule has 1 fully saturated rings. The van der Waals surface area contributed by atoms with Crippen LogP contribution < -0.4 is 5.73 Å². The summed E-state index contributed by atoms with van der Waals surface area (Å²) in [5, 5.41) is 11.4. The molecular formula is C12H25N3O2. The summed E-state index contributed by atoms with van der Waals surface area (Å²) in [5.41, 5.74) is 5.43. The predicted octanol–water partition coefficient (Wildman–Crippen LogP) is 1.26. The molecule has 5 heteroatoms. The van der Waals surface area contributed by atoms with E-state index in [1.165, 1.54) is 32.4 Å². The molecule has 3 N–H and O–H groups in total. The van der Waals surface area contributed by atoms with Gasteiger partial charge in [0, 0.05) is 6.54 Å². The minimum atomic E-state index is -0.312. The first-order valence-corrected chi connectivity index (χ1v) is 6.48. The maximum absolute atomic E-state index is 8.48. The van der Waals surface area contributed by atoms with Crippen LogP contribution in [0.4, 0.5) is 0 Å². The third kappa shape index (κ3) is 4.91. The van der Waals surface area contributed by atoms with E-state index in [1.54, 1.807) is 6.92 Å². The van der Waals surface area contributed by atoms with Crippen molar-refractivity contribution in [1.29, 1.82) is 0 Å². The number of piperidine rings is 1. The van der Waals surface area contributed by atoms with E-state index in [9.17, 15) is 0 Å². The van der Waals surface area contributed by atoms with Gasteiger partial charge in [-0.1, -0.05) is 18.5 Å². The highest BCUT2D eigenvalue weighted by Crippen LogP contribution is 2.19. The van der Waals surface area contributed by atoms with Crippen LogP contribution >= 0.6 is 0 Å². The van der Waals surface area contributed by atoms with Crippen molar-refractivity contribution in [3.8, 4) is 0 Å². The zero-order valence-corrected chi connectivity index (χ0v) is 10.9. The zero-order valence-electron chi connectivity index (χ0n) is 10.9. The maximum Gasteiger partial charge on any atom is 0.168 e. The first-order chi connectivity index (χ1) is 8.17. The Hall–Kier alpha value is -0.810. The summed E-state index contributed by atoms with van der Waals surface area (Å²) in [4.78, 5) is 2.42. The van der Waals surface area contributed by atoms with Crippen LogP contribution in [-0.4, -0.2) is 48.3 Å². The molecular weight excluding hydrogens is 218 g/mol. The SMILES string of the molecule is CCC1CCN(CCOC(C)C(N)=NO)CC1. The van der Waals surface area contributed by atoms with Crippen molar-refractivity contribution < 1.29 is 9.94 Å². The second kappa shape index (κ2) is 7.50. The molecule has 1 aliphatic heterocycles. The molecule has 0 radical (unpaired) electrons. The number of hydrogen-bond acceptors (Lipinski definition) is 4. The molecule has 0 bridgehead atoms. The number of likely N-dealkylation sites (tertiary alicyclic amines) is 1. The fourth-order valence-electron chi connectivity index (χ4n) is 2.14. The van der Waals surface area contributed by atoms with E-state index in [2.05, 4.69) is 17.0 Å². The van der Waals surface area contributed by atoms with Gasteiger partial charge in [-0.15, -0.1) is 0 Å². The number of ether oxygens (including phenoxy) is 1. The van der Waals surface area contributed by atoms with E-state index in [1.807, 2.05) is 0 Å². The Bertz CT molecular complexity index is 238. The molecule has 0 aliphatic carbocycles. The Labute approximate surface area is 104 Å². The molecule has 0 aromatic heterocycles. The highest BCUT2D eigenvalue weighted by molar-refractivity contribution is 5.83. The molecule has 1 atom stereocenters. The number of oxime groups is 1. The van der Waals surface area contributed by atoms with E-state index in [0.717, 1.165) is 12.5 Å². The Balaban J connectivity index is 2.12. The molecule has 0 aromatic carbocycles. The molecule has 0 spiro atoms. The first-order valence-electron chi connectivity index (χ1n) is 6.48. The largest absolute Gasteiger partial charge is 0.409 e. The molecule has 0 aromatic rings. The standard InChI is InChI=1S/C12H25N3O2/c1-3-11-4-6-15(7-5-11)8-9-17-10(2)12(13)14-16/h10-11,16H,3-9H2,1-2H3,(H2,13,14). The first kappa shape index (κ1) is 14.3. The second-order valence-corrected chi connectivity index (χ2v) is 4.73. The van der Waals surface area contributed by atoms with Crippen LogP contribution in [-0.2, 0) is 4.74 Å². The fourth-order valence-corrected chi connectivity index (χ4v) is 2.14. The number of amidine groups is 1. The topological polar surface area (TPSA) is 71.1 Å². The highest BCUT2D eigenvalue weighted by atomic mass is 16.5. The van der Waals surface area contributed by atoms with Crippen molar-refractivity contribution in [2.24, 2.45) is 16.8 Å². The van der Waals surface area contributed by atoms with Gasteiger partial charge in [0.15, 0.2) is 5.84 Å². The van der Waals surface area contributed by atoms with Gasteiger partial charge in [0.2, 0.25) is 0 Å². The van der Waals surface area contributed by atoms with Crippen LogP contribution in [0.25, 0.3) is 0 Å². The van der Waals surface area contributed by atoms with Gasteiger partial charge < -0.3 is 20.6 Å². The van der Waals surface area contributed by atoms with Crippen molar-refractivity contribution in [2.75, 3.05) is 26.2 Å². The van der Waals surface area contributed by atoms with Crippen LogP contribution in [0, 0.1) is 5.92 Å². The molecule has 1 heterocycles. The predicted molar refractivity (Wildman–Crippen MR) is 68.3 cm³/mol. The summed E-state index contributed by atoms with van der Waals surface area (Å²) in [6.07, 6.45) is 3.58. The third-order valence-electron chi connectivity index (χ3n) is 3.59. The molecule has 17 heavy (non-hydrogen) atoms. The average molecular weight is 243 g/mol. The molecule has 5 nitrogen and oxygen atoms in total. The lowest BCUT2D eigenvalue weighted by Gasteiger charge is -2.31. The van der Waals surface area contributed by atoms with Crippen LogP contribution in [0.2, 0.25) is 0 Å². The Morgan fingerprint density at radius 1 is 1.53 bits per heavy atom. The van der Waals surface area contributed by atoms with E-state index in [0.29, 0.717) is 6.61 Å². The maximum atomic E-state index is 8.48. The molecule has 1 saturated heterocycles. The number of nitrogens with zero attached hydrogens (tertiary/aromatic N) is 2. The van der Waals surface area contributed by atoms with Gasteiger partial charge in [0.1, 0.15) is 6.10 Å². The van der Waals surface area contributed by atoms with Crippen molar-refractivity contribution in [1.82, 2.24) is 4.90 Å². The quantitative estimate of drug-likeness (QED) is 0.319. The summed E-state index contributed by atoms with van der Waals surface area (Å²) >= 11 is 0. The molecule has 0 saturated carbocycles. The van der Waals surface area contributed by atoms with Crippen molar-refractivity contribution in [3.05, 3.63) is 0 Å². The summed E-state index contributed by atoms with van der Waals surface area (Å²) in [6.45, 7) is 7.95. The van der Waals surface area contributed by atoms with Crippen molar-refractivity contribution in [2.45, 2.75) is 39.2 Å². The Morgan fingerprint density at radius 3 is 2.71 bits per heavy atom. The third-order valence-corrected chi connectivity index (χ3v) is 3.59. The van der Waals surface area contributed by atoms with E-state index >= 15 is 0 Å². The monoisotopic (exact) mass is 243 g/mol. The number of nitrogens with two attached hydrogens (primary N) is 1. The van der Waals surface area contributed by atoms with Gasteiger partial charge in [-0.05, 0) is 38.8 Å². The minimum absolute atomic E-state index is 0.134. The van der Waals surface area contributed by atoms with Crippen LogP contribution in [0.1, 0.15) is 33.1 Å². The second-order valence-electron chi connectivity index (χ2n) is 4.73. The minimum Gasteiger partial charge on any atom is -0.409 e.